The van der Waals surface area contributed by atoms with E-state index >= 15 is 0 Å². The number of nitrogens with one attached hydrogen (secondary N) is 1. The van der Waals surface area contributed by atoms with Gasteiger partial charge in [0.15, 0.2) is 0 Å². The van der Waals surface area contributed by atoms with E-state index < -0.39 is 11.8 Å². The number of benzene rings is 2. The molecule has 0 aliphatic rings. The number of halogens is 3. The number of esters is 1. The fourth-order valence-electron chi connectivity index (χ4n) is 1.76. The predicted octanol–water partition coefficient (Wildman–Crippen LogP) is 4.64. The van der Waals surface area contributed by atoms with Crippen molar-refractivity contribution in [1.29, 1.82) is 0 Å². The third-order valence-electron chi connectivity index (χ3n) is 2.85. The molecule has 0 atom stereocenters. The molecule has 110 valence electrons. The number of carbonyl (C=O) groups excluding carboxylic acids is 1. The molecule has 1 N–H and O–H groups in total. The number of rotatable bonds is 4. The summed E-state index contributed by atoms with van der Waals surface area (Å²) in [4.78, 5) is 11.4. The first kappa shape index (κ1) is 15.8. The van der Waals surface area contributed by atoms with Crippen LogP contribution >= 0.6 is 27.5 Å². The minimum absolute atomic E-state index is 0.101. The van der Waals surface area contributed by atoms with Gasteiger partial charge >= 0.3 is 5.97 Å². The second-order valence-electron chi connectivity index (χ2n) is 4.29. The Bertz CT molecular complexity index is 679. The van der Waals surface area contributed by atoms with Crippen molar-refractivity contribution in [2.45, 2.75) is 6.54 Å². The number of ether oxygens (including phenoxy) is 1. The molecule has 0 radical (unpaired) electrons. The van der Waals surface area contributed by atoms with E-state index in [1.54, 1.807) is 6.07 Å². The van der Waals surface area contributed by atoms with Crippen LogP contribution in [0, 0.1) is 5.82 Å². The zero-order chi connectivity index (χ0) is 15.4. The van der Waals surface area contributed by atoms with Gasteiger partial charge in [-0.3, -0.25) is 0 Å². The van der Waals surface area contributed by atoms with E-state index in [-0.39, 0.29) is 5.56 Å². The number of hydrogen-bond donors (Lipinski definition) is 1. The number of anilines is 1. The minimum Gasteiger partial charge on any atom is -0.465 e. The molecular formula is C15H12BrClFNO2. The summed E-state index contributed by atoms with van der Waals surface area (Å²) in [7, 11) is 1.21. The third-order valence-corrected chi connectivity index (χ3v) is 4.08. The molecule has 3 nitrogen and oxygen atoms in total. The highest BCUT2D eigenvalue weighted by molar-refractivity contribution is 9.10. The summed E-state index contributed by atoms with van der Waals surface area (Å²) in [5.74, 6) is -1.32. The highest BCUT2D eigenvalue weighted by Gasteiger charge is 2.12. The topological polar surface area (TPSA) is 38.3 Å². The van der Waals surface area contributed by atoms with Crippen LogP contribution in [-0.2, 0) is 11.3 Å². The van der Waals surface area contributed by atoms with E-state index in [4.69, 9.17) is 11.6 Å². The molecule has 0 amide bonds. The van der Waals surface area contributed by atoms with Crippen LogP contribution in [0.1, 0.15) is 15.9 Å². The quantitative estimate of drug-likeness (QED) is 0.795. The molecule has 0 aliphatic carbocycles. The summed E-state index contributed by atoms with van der Waals surface area (Å²) in [6, 6.07) is 9.79. The molecule has 6 heteroatoms. The molecule has 2 aromatic carbocycles. The Morgan fingerprint density at radius 2 is 2.10 bits per heavy atom. The maximum absolute atomic E-state index is 13.5. The Kier molecular flexibility index (Phi) is 5.20. The minimum atomic E-state index is -0.706. The molecule has 0 saturated heterocycles. The van der Waals surface area contributed by atoms with Crippen LogP contribution in [0.15, 0.2) is 40.9 Å². The zero-order valence-electron chi connectivity index (χ0n) is 11.1. The summed E-state index contributed by atoms with van der Waals surface area (Å²) < 4.78 is 18.9. The Morgan fingerprint density at radius 3 is 2.76 bits per heavy atom. The van der Waals surface area contributed by atoms with Gasteiger partial charge in [-0.2, -0.15) is 0 Å². The lowest BCUT2D eigenvalue weighted by Gasteiger charge is -2.09. The average molecular weight is 373 g/mol. The third kappa shape index (κ3) is 3.95. The molecule has 2 aromatic rings. The van der Waals surface area contributed by atoms with Crippen molar-refractivity contribution in [3.05, 3.63) is 62.8 Å². The second kappa shape index (κ2) is 6.91. The molecule has 2 rings (SSSR count). The van der Waals surface area contributed by atoms with Gasteiger partial charge in [-0.1, -0.05) is 17.7 Å². The van der Waals surface area contributed by atoms with Crippen molar-refractivity contribution in [2.24, 2.45) is 0 Å². The van der Waals surface area contributed by atoms with Gasteiger partial charge in [-0.25, -0.2) is 9.18 Å². The van der Waals surface area contributed by atoms with Gasteiger partial charge in [0.1, 0.15) is 5.82 Å². The smallest absolute Gasteiger partial charge is 0.340 e. The van der Waals surface area contributed by atoms with E-state index in [1.165, 1.54) is 19.2 Å². The zero-order valence-corrected chi connectivity index (χ0v) is 13.5. The van der Waals surface area contributed by atoms with Crippen LogP contribution < -0.4 is 5.32 Å². The van der Waals surface area contributed by atoms with Crippen LogP contribution in [0.5, 0.6) is 0 Å². The number of methoxy groups -OCH3 is 1. The monoisotopic (exact) mass is 371 g/mol. The second-order valence-corrected chi connectivity index (χ2v) is 5.55. The first-order valence-electron chi connectivity index (χ1n) is 6.07. The molecule has 0 saturated carbocycles. The molecule has 21 heavy (non-hydrogen) atoms. The molecule has 0 bridgehead atoms. The fourth-order valence-corrected chi connectivity index (χ4v) is 2.21. The summed E-state index contributed by atoms with van der Waals surface area (Å²) in [6.07, 6.45) is 0. The Balaban J connectivity index is 2.13. The lowest BCUT2D eigenvalue weighted by Crippen LogP contribution is -2.06. The molecule has 0 heterocycles. The first-order valence-corrected chi connectivity index (χ1v) is 7.24. The lowest BCUT2D eigenvalue weighted by molar-refractivity contribution is 0.0595. The summed E-state index contributed by atoms with van der Waals surface area (Å²) in [5, 5.41) is 3.72. The van der Waals surface area contributed by atoms with Crippen LogP contribution in [0.4, 0.5) is 10.1 Å². The standard InChI is InChI=1S/C15H12BrClFNO2/c1-21-15(20)11-7-10(3-5-14(11)18)19-8-9-2-4-12(16)13(17)6-9/h2-7,19H,8H2,1H3. The van der Waals surface area contributed by atoms with Crippen LogP contribution in [-0.4, -0.2) is 13.1 Å². The Labute approximate surface area is 135 Å². The summed E-state index contributed by atoms with van der Waals surface area (Å²) in [6.45, 7) is 0.499. The first-order chi connectivity index (χ1) is 10.0. The van der Waals surface area contributed by atoms with Gasteiger partial charge in [0.25, 0.3) is 0 Å². The number of hydrogen-bond acceptors (Lipinski definition) is 3. The van der Waals surface area contributed by atoms with Gasteiger partial charge in [0, 0.05) is 16.7 Å². The van der Waals surface area contributed by atoms with E-state index in [0.717, 1.165) is 10.0 Å². The highest BCUT2D eigenvalue weighted by Crippen LogP contribution is 2.24. The van der Waals surface area contributed by atoms with E-state index in [1.807, 2.05) is 18.2 Å². The van der Waals surface area contributed by atoms with Crippen LogP contribution in [0.25, 0.3) is 0 Å². The van der Waals surface area contributed by atoms with Crippen molar-refractivity contribution in [1.82, 2.24) is 0 Å². The molecule has 0 fully saturated rings. The molecule has 0 aliphatic heterocycles. The normalized spacial score (nSPS) is 10.3. The van der Waals surface area contributed by atoms with Crippen molar-refractivity contribution in [2.75, 3.05) is 12.4 Å². The fraction of sp³-hybridized carbons (Fsp3) is 0.133. The maximum Gasteiger partial charge on any atom is 0.340 e. The van der Waals surface area contributed by atoms with Crippen molar-refractivity contribution >= 4 is 39.2 Å². The van der Waals surface area contributed by atoms with E-state index in [9.17, 15) is 9.18 Å². The van der Waals surface area contributed by atoms with Gasteiger partial charge in [-0.05, 0) is 51.8 Å². The molecule has 0 unspecified atom stereocenters. The Hall–Kier alpha value is -1.59. The molecule has 0 spiro atoms. The van der Waals surface area contributed by atoms with Gasteiger partial charge in [0.05, 0.1) is 17.7 Å². The van der Waals surface area contributed by atoms with E-state index in [0.29, 0.717) is 17.3 Å². The predicted molar refractivity (Wildman–Crippen MR) is 84.2 cm³/mol. The summed E-state index contributed by atoms with van der Waals surface area (Å²) in [5.41, 5.74) is 1.49. The van der Waals surface area contributed by atoms with Gasteiger partial charge < -0.3 is 10.1 Å². The van der Waals surface area contributed by atoms with Crippen molar-refractivity contribution < 1.29 is 13.9 Å². The van der Waals surface area contributed by atoms with Crippen molar-refractivity contribution in [3.63, 3.8) is 0 Å². The van der Waals surface area contributed by atoms with Gasteiger partial charge in [0.2, 0.25) is 0 Å². The number of carbonyl (C=O) groups is 1. The van der Waals surface area contributed by atoms with Crippen molar-refractivity contribution in [3.8, 4) is 0 Å². The van der Waals surface area contributed by atoms with Crippen LogP contribution in [0.2, 0.25) is 5.02 Å². The largest absolute Gasteiger partial charge is 0.465 e. The molecule has 0 aromatic heterocycles. The van der Waals surface area contributed by atoms with Crippen LogP contribution in [0.3, 0.4) is 0 Å². The highest BCUT2D eigenvalue weighted by atomic mass is 79.9. The van der Waals surface area contributed by atoms with E-state index in [2.05, 4.69) is 26.0 Å². The average Bonchev–Trinajstić information content (AvgIpc) is 2.49. The lowest BCUT2D eigenvalue weighted by atomic mass is 10.1. The molecular weight excluding hydrogens is 361 g/mol. The SMILES string of the molecule is COC(=O)c1cc(NCc2ccc(Br)c(Cl)c2)ccc1F. The van der Waals surface area contributed by atoms with Gasteiger partial charge in [-0.15, -0.1) is 0 Å². The Morgan fingerprint density at radius 1 is 1.33 bits per heavy atom. The summed E-state index contributed by atoms with van der Waals surface area (Å²) >= 11 is 9.34. The maximum atomic E-state index is 13.5.